The molecule has 2 heterocycles. The number of hydrogen-bond acceptors (Lipinski definition) is 4. The van der Waals surface area contributed by atoms with Crippen molar-refractivity contribution < 1.29 is 8.78 Å². The molecular formula is C16H24F2N6. The van der Waals surface area contributed by atoms with Crippen molar-refractivity contribution in [2.45, 2.75) is 31.6 Å². The highest BCUT2D eigenvalue weighted by Crippen LogP contribution is 2.38. The van der Waals surface area contributed by atoms with Gasteiger partial charge in [0.25, 0.3) is 5.92 Å². The van der Waals surface area contributed by atoms with E-state index >= 15 is 0 Å². The Morgan fingerprint density at radius 1 is 1.21 bits per heavy atom. The zero-order chi connectivity index (χ0) is 17.0. The normalized spacial score (nSPS) is 24.9. The van der Waals surface area contributed by atoms with Crippen LogP contribution in [0.2, 0.25) is 0 Å². The molecule has 1 aromatic rings. The van der Waals surface area contributed by atoms with Crippen molar-refractivity contribution in [3.63, 3.8) is 0 Å². The van der Waals surface area contributed by atoms with Gasteiger partial charge in [-0.2, -0.15) is 0 Å². The molecule has 0 bridgehead atoms. The van der Waals surface area contributed by atoms with Gasteiger partial charge in [-0.15, -0.1) is 0 Å². The summed E-state index contributed by atoms with van der Waals surface area (Å²) in [6.07, 6.45) is 5.40. The molecule has 2 N–H and O–H groups in total. The number of nitrogens with two attached hydrogens (primary N) is 1. The first-order chi connectivity index (χ1) is 11.6. The minimum Gasteiger partial charge on any atom is -0.370 e. The first-order valence-corrected chi connectivity index (χ1v) is 8.51. The first kappa shape index (κ1) is 16.9. The topological polar surface area (TPSA) is 70.6 Å². The number of halogens is 2. The fourth-order valence-corrected chi connectivity index (χ4v) is 3.29. The SMILES string of the molecule is NC(=NCC1CCCCC1(F)F)N1CCN(c2ncccn2)CC1. The summed E-state index contributed by atoms with van der Waals surface area (Å²) in [5, 5.41) is 0. The van der Waals surface area contributed by atoms with Crippen LogP contribution in [0.1, 0.15) is 25.7 Å². The van der Waals surface area contributed by atoms with E-state index in [9.17, 15) is 8.78 Å². The summed E-state index contributed by atoms with van der Waals surface area (Å²) >= 11 is 0. The Morgan fingerprint density at radius 2 is 1.92 bits per heavy atom. The van der Waals surface area contributed by atoms with Crippen molar-refractivity contribution in [3.8, 4) is 0 Å². The summed E-state index contributed by atoms with van der Waals surface area (Å²) in [5.74, 6) is -2.21. The van der Waals surface area contributed by atoms with E-state index in [1.54, 1.807) is 18.5 Å². The van der Waals surface area contributed by atoms with Gasteiger partial charge in [0, 0.05) is 50.9 Å². The third-order valence-electron chi connectivity index (χ3n) is 4.82. The Hall–Kier alpha value is -1.99. The smallest absolute Gasteiger partial charge is 0.252 e. The first-order valence-electron chi connectivity index (χ1n) is 8.51. The van der Waals surface area contributed by atoms with Gasteiger partial charge in [-0.1, -0.05) is 6.42 Å². The van der Waals surface area contributed by atoms with Gasteiger partial charge in [0.05, 0.1) is 6.54 Å². The van der Waals surface area contributed by atoms with E-state index in [1.807, 2.05) is 4.90 Å². The molecule has 1 unspecified atom stereocenters. The summed E-state index contributed by atoms with van der Waals surface area (Å²) in [7, 11) is 0. The van der Waals surface area contributed by atoms with E-state index in [-0.39, 0.29) is 13.0 Å². The molecule has 132 valence electrons. The standard InChI is InChI=1S/C16H24F2N6/c17-16(18)5-2-1-4-13(16)12-22-14(19)23-8-10-24(11-9-23)15-20-6-3-7-21-15/h3,6-7,13H,1-2,4-5,8-12H2,(H2,19,22). The number of guanidine groups is 1. The van der Waals surface area contributed by atoms with Gasteiger partial charge >= 0.3 is 0 Å². The molecule has 0 amide bonds. The number of anilines is 1. The van der Waals surface area contributed by atoms with Crippen LogP contribution in [0.3, 0.4) is 0 Å². The van der Waals surface area contributed by atoms with Crippen LogP contribution < -0.4 is 10.6 Å². The lowest BCUT2D eigenvalue weighted by Gasteiger charge is -2.35. The number of piperazine rings is 1. The molecule has 3 rings (SSSR count). The molecule has 2 fully saturated rings. The van der Waals surface area contributed by atoms with E-state index in [0.717, 1.165) is 19.5 Å². The third-order valence-corrected chi connectivity index (χ3v) is 4.82. The lowest BCUT2D eigenvalue weighted by molar-refractivity contribution is -0.0815. The largest absolute Gasteiger partial charge is 0.370 e. The van der Waals surface area contributed by atoms with Crippen molar-refractivity contribution in [1.29, 1.82) is 0 Å². The molecule has 0 aromatic carbocycles. The minimum atomic E-state index is -2.61. The van der Waals surface area contributed by atoms with Gasteiger partial charge < -0.3 is 15.5 Å². The van der Waals surface area contributed by atoms with E-state index in [2.05, 4.69) is 19.9 Å². The second-order valence-electron chi connectivity index (χ2n) is 6.43. The zero-order valence-corrected chi connectivity index (χ0v) is 13.7. The maximum atomic E-state index is 13.9. The number of rotatable bonds is 3. The van der Waals surface area contributed by atoms with Gasteiger partial charge in [0.2, 0.25) is 5.95 Å². The van der Waals surface area contributed by atoms with Crippen LogP contribution >= 0.6 is 0 Å². The van der Waals surface area contributed by atoms with Crippen molar-refractivity contribution in [2.24, 2.45) is 16.6 Å². The average molecular weight is 338 g/mol. The molecule has 1 saturated carbocycles. The van der Waals surface area contributed by atoms with Gasteiger partial charge in [-0.3, -0.25) is 4.99 Å². The van der Waals surface area contributed by atoms with Crippen LogP contribution in [0.25, 0.3) is 0 Å². The molecule has 1 saturated heterocycles. The van der Waals surface area contributed by atoms with E-state index in [1.165, 1.54) is 0 Å². The Morgan fingerprint density at radius 3 is 2.58 bits per heavy atom. The predicted octanol–water partition coefficient (Wildman–Crippen LogP) is 1.74. The maximum absolute atomic E-state index is 13.9. The van der Waals surface area contributed by atoms with Gasteiger partial charge in [-0.05, 0) is 18.9 Å². The second-order valence-corrected chi connectivity index (χ2v) is 6.43. The highest BCUT2D eigenvalue weighted by atomic mass is 19.3. The molecule has 2 aliphatic rings. The summed E-state index contributed by atoms with van der Waals surface area (Å²) in [6, 6.07) is 1.78. The molecule has 0 radical (unpaired) electrons. The number of aromatic nitrogens is 2. The fraction of sp³-hybridized carbons (Fsp3) is 0.688. The molecule has 6 nitrogen and oxygen atoms in total. The summed E-state index contributed by atoms with van der Waals surface area (Å²) in [6.45, 7) is 2.96. The molecule has 1 aromatic heterocycles. The third kappa shape index (κ3) is 3.91. The number of nitrogens with zero attached hydrogens (tertiary/aromatic N) is 5. The van der Waals surface area contributed by atoms with Crippen molar-refractivity contribution in [1.82, 2.24) is 14.9 Å². The molecule has 24 heavy (non-hydrogen) atoms. The lowest BCUT2D eigenvalue weighted by atomic mass is 9.86. The van der Waals surface area contributed by atoms with Gasteiger partial charge in [0.1, 0.15) is 0 Å². The number of alkyl halides is 2. The van der Waals surface area contributed by atoms with E-state index < -0.39 is 11.8 Å². The van der Waals surface area contributed by atoms with Crippen LogP contribution in [0.5, 0.6) is 0 Å². The van der Waals surface area contributed by atoms with Crippen molar-refractivity contribution in [2.75, 3.05) is 37.6 Å². The Kier molecular flexibility index (Phi) is 5.11. The van der Waals surface area contributed by atoms with Crippen LogP contribution in [0.15, 0.2) is 23.5 Å². The van der Waals surface area contributed by atoms with Crippen LogP contribution in [0, 0.1) is 5.92 Å². The number of aliphatic imine (C=N–C) groups is 1. The molecular weight excluding hydrogens is 314 g/mol. The van der Waals surface area contributed by atoms with Crippen molar-refractivity contribution >= 4 is 11.9 Å². The number of hydrogen-bond donors (Lipinski definition) is 1. The van der Waals surface area contributed by atoms with Crippen LogP contribution in [-0.2, 0) is 0 Å². The summed E-state index contributed by atoms with van der Waals surface area (Å²) < 4.78 is 27.7. The van der Waals surface area contributed by atoms with E-state index in [4.69, 9.17) is 5.73 Å². The summed E-state index contributed by atoms with van der Waals surface area (Å²) in [4.78, 5) is 16.8. The highest BCUT2D eigenvalue weighted by Gasteiger charge is 2.41. The maximum Gasteiger partial charge on any atom is 0.252 e. The molecule has 1 aliphatic heterocycles. The fourth-order valence-electron chi connectivity index (χ4n) is 3.29. The molecule has 8 heteroatoms. The highest BCUT2D eigenvalue weighted by molar-refractivity contribution is 5.78. The predicted molar refractivity (Wildman–Crippen MR) is 89.2 cm³/mol. The lowest BCUT2D eigenvalue weighted by Crippen LogP contribution is -2.51. The molecule has 1 aliphatic carbocycles. The van der Waals surface area contributed by atoms with Gasteiger partial charge in [-0.25, -0.2) is 18.7 Å². The summed E-state index contributed by atoms with van der Waals surface area (Å²) in [5.41, 5.74) is 6.02. The Bertz CT molecular complexity index is 557. The zero-order valence-electron chi connectivity index (χ0n) is 13.7. The van der Waals surface area contributed by atoms with Gasteiger partial charge in [0.15, 0.2) is 5.96 Å². The van der Waals surface area contributed by atoms with Crippen LogP contribution in [0.4, 0.5) is 14.7 Å². The molecule has 0 spiro atoms. The quantitative estimate of drug-likeness (QED) is 0.671. The second kappa shape index (κ2) is 7.27. The molecule has 1 atom stereocenters. The Labute approximate surface area is 140 Å². The average Bonchev–Trinajstić information content (AvgIpc) is 2.61. The monoisotopic (exact) mass is 338 g/mol. The minimum absolute atomic E-state index is 0.0250. The Balaban J connectivity index is 1.52. The van der Waals surface area contributed by atoms with Crippen LogP contribution in [-0.4, -0.2) is 59.5 Å². The van der Waals surface area contributed by atoms with E-state index in [0.29, 0.717) is 37.8 Å². The van der Waals surface area contributed by atoms with Crippen molar-refractivity contribution in [3.05, 3.63) is 18.5 Å².